The average molecular weight is 229 g/mol. The molecule has 1 aromatic rings. The number of aromatic nitrogens is 1. The number of halogens is 1. The van der Waals surface area contributed by atoms with Gasteiger partial charge in [0.2, 0.25) is 0 Å². The smallest absolute Gasteiger partial charge is 0.253 e. The number of aliphatic hydroxyl groups excluding tert-OH is 1. The number of aryl methyl sites for hydroxylation is 1. The highest BCUT2D eigenvalue weighted by molar-refractivity contribution is 6.29. The lowest BCUT2D eigenvalue weighted by Gasteiger charge is -2.15. The lowest BCUT2D eigenvalue weighted by Crippen LogP contribution is -2.29. The van der Waals surface area contributed by atoms with Gasteiger partial charge in [0.25, 0.3) is 5.91 Å². The Bertz CT molecular complexity index is 348. The number of likely N-dealkylation sites (N-methyl/N-ethyl adjacent to an activating group) is 1. The summed E-state index contributed by atoms with van der Waals surface area (Å²) in [7, 11) is 1.63. The summed E-state index contributed by atoms with van der Waals surface area (Å²) in [5, 5.41) is 9.01. The van der Waals surface area contributed by atoms with Crippen LogP contribution in [0.1, 0.15) is 16.1 Å². The SMILES string of the molecule is Cc1cc(C(=O)N(C)CCO)cc(Cl)n1. The van der Waals surface area contributed by atoms with Crippen LogP contribution >= 0.6 is 11.6 Å². The van der Waals surface area contributed by atoms with Crippen molar-refractivity contribution in [3.8, 4) is 0 Å². The molecule has 0 radical (unpaired) electrons. The molecule has 0 aromatic carbocycles. The maximum absolute atomic E-state index is 11.8. The first-order valence-electron chi connectivity index (χ1n) is 4.55. The van der Waals surface area contributed by atoms with Crippen LogP contribution in [0.15, 0.2) is 12.1 Å². The Labute approximate surface area is 93.5 Å². The summed E-state index contributed by atoms with van der Waals surface area (Å²) in [5.74, 6) is -0.170. The van der Waals surface area contributed by atoms with E-state index in [2.05, 4.69) is 4.98 Å². The van der Waals surface area contributed by atoms with E-state index in [9.17, 15) is 4.79 Å². The first-order valence-corrected chi connectivity index (χ1v) is 4.93. The zero-order chi connectivity index (χ0) is 11.4. The standard InChI is InChI=1S/C10H13ClN2O2/c1-7-5-8(6-9(11)12-7)10(15)13(2)3-4-14/h5-6,14H,3-4H2,1-2H3. The predicted molar refractivity (Wildman–Crippen MR) is 58.0 cm³/mol. The second kappa shape index (κ2) is 5.09. The summed E-state index contributed by atoms with van der Waals surface area (Å²) >= 11 is 5.74. The summed E-state index contributed by atoms with van der Waals surface area (Å²) in [6.45, 7) is 2.02. The molecule has 15 heavy (non-hydrogen) atoms. The molecule has 0 aliphatic rings. The Hall–Kier alpha value is -1.13. The Kier molecular flexibility index (Phi) is 4.05. The zero-order valence-corrected chi connectivity index (χ0v) is 9.45. The van der Waals surface area contributed by atoms with Gasteiger partial charge in [0.1, 0.15) is 5.15 Å². The molecule has 0 bridgehead atoms. The predicted octanol–water partition coefficient (Wildman–Crippen LogP) is 1.11. The third-order valence-corrected chi connectivity index (χ3v) is 2.14. The van der Waals surface area contributed by atoms with Gasteiger partial charge in [-0.25, -0.2) is 4.98 Å². The van der Waals surface area contributed by atoms with Crippen LogP contribution in [-0.4, -0.2) is 41.1 Å². The Morgan fingerprint density at radius 1 is 1.60 bits per heavy atom. The van der Waals surface area contributed by atoms with Gasteiger partial charge in [0.05, 0.1) is 6.61 Å². The van der Waals surface area contributed by atoms with Gasteiger partial charge in [-0.1, -0.05) is 11.6 Å². The maximum atomic E-state index is 11.8. The highest BCUT2D eigenvalue weighted by Gasteiger charge is 2.12. The maximum Gasteiger partial charge on any atom is 0.253 e. The van der Waals surface area contributed by atoms with Crippen molar-refractivity contribution in [3.63, 3.8) is 0 Å². The topological polar surface area (TPSA) is 53.4 Å². The lowest BCUT2D eigenvalue weighted by atomic mass is 10.2. The van der Waals surface area contributed by atoms with E-state index in [1.54, 1.807) is 20.0 Å². The van der Waals surface area contributed by atoms with Gasteiger partial charge in [0, 0.05) is 24.8 Å². The molecule has 0 saturated carbocycles. The van der Waals surface area contributed by atoms with E-state index in [0.717, 1.165) is 0 Å². The molecule has 1 N–H and O–H groups in total. The molecule has 0 fully saturated rings. The van der Waals surface area contributed by atoms with Gasteiger partial charge in [-0.15, -0.1) is 0 Å². The van der Waals surface area contributed by atoms with Crippen LogP contribution in [-0.2, 0) is 0 Å². The second-order valence-corrected chi connectivity index (χ2v) is 3.66. The van der Waals surface area contributed by atoms with Gasteiger partial charge < -0.3 is 10.0 Å². The van der Waals surface area contributed by atoms with E-state index in [4.69, 9.17) is 16.7 Å². The van der Waals surface area contributed by atoms with Gasteiger partial charge in [-0.05, 0) is 19.1 Å². The van der Waals surface area contributed by atoms with Gasteiger partial charge >= 0.3 is 0 Å². The van der Waals surface area contributed by atoms with E-state index in [-0.39, 0.29) is 12.5 Å². The van der Waals surface area contributed by atoms with Gasteiger partial charge in [0.15, 0.2) is 0 Å². The Morgan fingerprint density at radius 2 is 2.27 bits per heavy atom. The molecular weight excluding hydrogens is 216 g/mol. The fourth-order valence-corrected chi connectivity index (χ4v) is 1.47. The van der Waals surface area contributed by atoms with E-state index in [1.807, 2.05) is 0 Å². The molecule has 0 aliphatic carbocycles. The summed E-state index contributed by atoms with van der Waals surface area (Å²) in [5.41, 5.74) is 1.19. The third-order valence-electron chi connectivity index (χ3n) is 1.95. The molecule has 1 aromatic heterocycles. The first-order chi connectivity index (χ1) is 7.04. The molecule has 1 amide bonds. The fraction of sp³-hybridized carbons (Fsp3) is 0.400. The van der Waals surface area contributed by atoms with Crippen molar-refractivity contribution in [1.82, 2.24) is 9.88 Å². The molecular formula is C10H13ClN2O2. The number of pyridine rings is 1. The van der Waals surface area contributed by atoms with Gasteiger partial charge in [-0.3, -0.25) is 4.79 Å². The van der Waals surface area contributed by atoms with E-state index in [0.29, 0.717) is 23.0 Å². The minimum atomic E-state index is -0.170. The number of hydrogen-bond acceptors (Lipinski definition) is 3. The van der Waals surface area contributed by atoms with E-state index >= 15 is 0 Å². The number of aliphatic hydroxyl groups is 1. The van der Waals surface area contributed by atoms with Crippen molar-refractivity contribution < 1.29 is 9.90 Å². The zero-order valence-electron chi connectivity index (χ0n) is 8.70. The van der Waals surface area contributed by atoms with Crippen molar-refractivity contribution in [2.75, 3.05) is 20.2 Å². The monoisotopic (exact) mass is 228 g/mol. The second-order valence-electron chi connectivity index (χ2n) is 3.27. The molecule has 82 valence electrons. The average Bonchev–Trinajstić information content (AvgIpc) is 2.15. The third kappa shape index (κ3) is 3.18. The summed E-state index contributed by atoms with van der Waals surface area (Å²) in [6, 6.07) is 3.19. The van der Waals surface area contributed by atoms with Crippen molar-refractivity contribution in [3.05, 3.63) is 28.5 Å². The van der Waals surface area contributed by atoms with Crippen molar-refractivity contribution in [2.24, 2.45) is 0 Å². The molecule has 0 atom stereocenters. The largest absolute Gasteiger partial charge is 0.395 e. The number of nitrogens with zero attached hydrogens (tertiary/aromatic N) is 2. The summed E-state index contributed by atoms with van der Waals surface area (Å²) in [6.07, 6.45) is 0. The van der Waals surface area contributed by atoms with Gasteiger partial charge in [-0.2, -0.15) is 0 Å². The molecule has 1 rings (SSSR count). The molecule has 0 saturated heterocycles. The Morgan fingerprint density at radius 3 is 2.80 bits per heavy atom. The number of carbonyl (C=O) groups excluding carboxylic acids is 1. The molecule has 1 heterocycles. The molecule has 0 unspecified atom stereocenters. The molecule has 0 aliphatic heterocycles. The van der Waals surface area contributed by atoms with E-state index in [1.165, 1.54) is 11.0 Å². The van der Waals surface area contributed by atoms with Crippen LogP contribution in [0.2, 0.25) is 5.15 Å². The number of hydrogen-bond donors (Lipinski definition) is 1. The fourth-order valence-electron chi connectivity index (χ4n) is 1.22. The highest BCUT2D eigenvalue weighted by atomic mass is 35.5. The van der Waals surface area contributed by atoms with Crippen LogP contribution in [0, 0.1) is 6.92 Å². The van der Waals surface area contributed by atoms with Crippen LogP contribution in [0.4, 0.5) is 0 Å². The lowest BCUT2D eigenvalue weighted by molar-refractivity contribution is 0.0766. The molecule has 5 heteroatoms. The minimum absolute atomic E-state index is 0.0555. The minimum Gasteiger partial charge on any atom is -0.395 e. The first kappa shape index (κ1) is 11.9. The van der Waals surface area contributed by atoms with E-state index < -0.39 is 0 Å². The van der Waals surface area contributed by atoms with Crippen LogP contribution < -0.4 is 0 Å². The Balaban J connectivity index is 2.90. The number of rotatable bonds is 3. The van der Waals surface area contributed by atoms with Crippen molar-refractivity contribution >= 4 is 17.5 Å². The quantitative estimate of drug-likeness (QED) is 0.789. The van der Waals surface area contributed by atoms with Crippen molar-refractivity contribution in [2.45, 2.75) is 6.92 Å². The molecule has 4 nitrogen and oxygen atoms in total. The number of amides is 1. The van der Waals surface area contributed by atoms with Crippen LogP contribution in [0.3, 0.4) is 0 Å². The van der Waals surface area contributed by atoms with Crippen LogP contribution in [0.5, 0.6) is 0 Å². The van der Waals surface area contributed by atoms with Crippen molar-refractivity contribution in [1.29, 1.82) is 0 Å². The van der Waals surface area contributed by atoms with Crippen LogP contribution in [0.25, 0.3) is 0 Å². The highest BCUT2D eigenvalue weighted by Crippen LogP contribution is 2.11. The molecule has 0 spiro atoms. The summed E-state index contributed by atoms with van der Waals surface area (Å²) < 4.78 is 0. The number of carbonyl (C=O) groups is 1. The summed E-state index contributed by atoms with van der Waals surface area (Å²) in [4.78, 5) is 17.2. The normalized spacial score (nSPS) is 10.1.